The third-order valence-electron chi connectivity index (χ3n) is 8.05. The van der Waals surface area contributed by atoms with E-state index in [9.17, 15) is 0 Å². The monoisotopic (exact) mass is 580 g/mol. The summed E-state index contributed by atoms with van der Waals surface area (Å²) >= 11 is 0. The Labute approximate surface area is 254 Å². The minimum Gasteiger partial charge on any atom is -0.496 e. The second-order valence-electron chi connectivity index (χ2n) is 10.4. The first-order valence-electron chi connectivity index (χ1n) is 14.3. The molecule has 214 valence electrons. The number of halogens is 2. The van der Waals surface area contributed by atoms with Gasteiger partial charge in [-0.25, -0.2) is 4.99 Å². The number of benzene rings is 5. The first-order valence-corrected chi connectivity index (χ1v) is 14.3. The van der Waals surface area contributed by atoms with Crippen LogP contribution in [0.25, 0.3) is 38.4 Å². The van der Waals surface area contributed by atoms with Gasteiger partial charge in [-0.2, -0.15) is 0 Å². The maximum atomic E-state index is 15.3. The van der Waals surface area contributed by atoms with Crippen LogP contribution in [-0.4, -0.2) is 31.8 Å². The molecule has 7 heteroatoms. The first-order chi connectivity index (χ1) is 21.6. The number of aromatic nitrogens is 1. The van der Waals surface area contributed by atoms with Crippen molar-refractivity contribution >= 4 is 40.2 Å². The van der Waals surface area contributed by atoms with E-state index >= 15 is 8.63 Å². The topological polar surface area (TPSA) is 35.8 Å². The van der Waals surface area contributed by atoms with Gasteiger partial charge in [0.2, 0.25) is 0 Å². The van der Waals surface area contributed by atoms with E-state index in [1.54, 1.807) is 38.5 Å². The molecule has 7 rings (SSSR count). The van der Waals surface area contributed by atoms with E-state index in [2.05, 4.69) is 6.07 Å². The van der Waals surface area contributed by atoms with Gasteiger partial charge in [-0.1, -0.05) is 72.8 Å². The lowest BCUT2D eigenvalue weighted by molar-refractivity contribution is 0.414. The maximum absolute atomic E-state index is 15.3. The lowest BCUT2D eigenvalue weighted by atomic mass is 9.89. The van der Waals surface area contributed by atoms with Gasteiger partial charge in [-0.05, 0) is 76.2 Å². The molecule has 0 bridgehead atoms. The molecular formula is C37H27BF2N2O2. The van der Waals surface area contributed by atoms with Crippen molar-refractivity contribution < 1.29 is 18.1 Å². The Morgan fingerprint density at radius 3 is 1.86 bits per heavy atom. The fourth-order valence-corrected chi connectivity index (χ4v) is 6.12. The highest BCUT2D eigenvalue weighted by molar-refractivity contribution is 6.42. The summed E-state index contributed by atoms with van der Waals surface area (Å²) in [6, 6.07) is 36.6. The summed E-state index contributed by atoms with van der Waals surface area (Å²) in [6.45, 7) is 0. The average molecular weight is 580 g/mol. The SMILES string of the molecule is COc1ccccc1C1=N/C(=C(/c2c3ccccc3cc3ccccc23)c2ccc(-c3ccccc3OC)n2B(F)F)C=C1. The lowest BCUT2D eigenvalue weighted by Gasteiger charge is -2.19. The van der Waals surface area contributed by atoms with Crippen LogP contribution in [0.2, 0.25) is 0 Å². The third-order valence-corrected chi connectivity index (χ3v) is 8.05. The van der Waals surface area contributed by atoms with Crippen LogP contribution < -0.4 is 9.47 Å². The van der Waals surface area contributed by atoms with Gasteiger partial charge in [-0.15, -0.1) is 0 Å². The Bertz CT molecular complexity index is 2090. The molecule has 6 aromatic rings. The van der Waals surface area contributed by atoms with Gasteiger partial charge in [0.1, 0.15) is 11.5 Å². The number of hydrogen-bond acceptors (Lipinski definition) is 3. The van der Waals surface area contributed by atoms with Crippen molar-refractivity contribution in [3.8, 4) is 22.8 Å². The van der Waals surface area contributed by atoms with E-state index in [1.807, 2.05) is 97.1 Å². The van der Waals surface area contributed by atoms with Crippen LogP contribution in [0.15, 0.2) is 138 Å². The largest absolute Gasteiger partial charge is 0.678 e. The third kappa shape index (κ3) is 4.58. The zero-order chi connectivity index (χ0) is 30.2. The second-order valence-corrected chi connectivity index (χ2v) is 10.4. The van der Waals surface area contributed by atoms with Gasteiger partial charge in [0.25, 0.3) is 0 Å². The van der Waals surface area contributed by atoms with Gasteiger partial charge in [-0.3, -0.25) is 8.63 Å². The fourth-order valence-electron chi connectivity index (χ4n) is 6.12. The number of rotatable bonds is 7. The molecule has 0 saturated heterocycles. The number of ether oxygens (including phenoxy) is 2. The Hall–Kier alpha value is -5.43. The van der Waals surface area contributed by atoms with Crippen molar-refractivity contribution in [2.45, 2.75) is 0 Å². The van der Waals surface area contributed by atoms with Crippen LogP contribution in [0, 0.1) is 0 Å². The van der Waals surface area contributed by atoms with E-state index in [4.69, 9.17) is 14.5 Å². The molecule has 0 saturated carbocycles. The minimum absolute atomic E-state index is 0.353. The maximum Gasteiger partial charge on any atom is 0.678 e. The van der Waals surface area contributed by atoms with E-state index in [-0.39, 0.29) is 0 Å². The summed E-state index contributed by atoms with van der Waals surface area (Å²) in [5.74, 6) is 1.20. The standard InChI is InChI=1S/C37H27BF2N2O2/c1-43-34-17-9-7-15-28(34)30-19-20-31(41-30)37(36-26-13-5-3-11-24(26)23-25-12-4-6-14-27(25)36)33-22-21-32(42(33)38(39)40)29-16-8-10-18-35(29)44-2/h3-23H,1-2H3/b37-31+. The Morgan fingerprint density at radius 2 is 1.23 bits per heavy atom. The molecular weight excluding hydrogens is 553 g/mol. The molecule has 0 unspecified atom stereocenters. The molecule has 44 heavy (non-hydrogen) atoms. The van der Waals surface area contributed by atoms with Crippen molar-refractivity contribution in [3.05, 3.63) is 150 Å². The summed E-state index contributed by atoms with van der Waals surface area (Å²) in [7, 11) is 0.333. The average Bonchev–Trinajstić information content (AvgIpc) is 3.73. The quantitative estimate of drug-likeness (QED) is 0.140. The molecule has 4 nitrogen and oxygen atoms in total. The van der Waals surface area contributed by atoms with Crippen molar-refractivity contribution in [1.29, 1.82) is 0 Å². The number of methoxy groups -OCH3 is 2. The summed E-state index contributed by atoms with van der Waals surface area (Å²) in [5.41, 5.74) is 4.84. The number of aliphatic imine (C=N–C) groups is 1. The molecule has 2 heterocycles. The molecule has 1 aromatic heterocycles. The summed E-state index contributed by atoms with van der Waals surface area (Å²) < 4.78 is 42.9. The van der Waals surface area contributed by atoms with Gasteiger partial charge >= 0.3 is 7.40 Å². The predicted octanol–water partition coefficient (Wildman–Crippen LogP) is 9.07. The highest BCUT2D eigenvalue weighted by Gasteiger charge is 2.30. The summed E-state index contributed by atoms with van der Waals surface area (Å²) in [5, 5.41) is 3.92. The normalized spacial score (nSPS) is 13.8. The lowest BCUT2D eigenvalue weighted by Crippen LogP contribution is -2.18. The zero-order valence-electron chi connectivity index (χ0n) is 24.2. The van der Waals surface area contributed by atoms with E-state index in [1.165, 1.54) is 0 Å². The first kappa shape index (κ1) is 27.4. The Kier molecular flexibility index (Phi) is 7.06. The van der Waals surface area contributed by atoms with Gasteiger partial charge in [0.15, 0.2) is 0 Å². The number of para-hydroxylation sites is 2. The highest BCUT2D eigenvalue weighted by Crippen LogP contribution is 2.43. The fraction of sp³-hybridized carbons (Fsp3) is 0.0541. The van der Waals surface area contributed by atoms with Gasteiger partial charge in [0.05, 0.1) is 25.6 Å². The molecule has 0 spiro atoms. The number of allylic oxidation sites excluding steroid dienone is 2. The summed E-state index contributed by atoms with van der Waals surface area (Å²) in [4.78, 5) is 5.07. The molecule has 0 radical (unpaired) electrons. The molecule has 1 aliphatic rings. The van der Waals surface area contributed by atoms with Gasteiger partial charge in [0, 0.05) is 33.7 Å². The van der Waals surface area contributed by atoms with Crippen molar-refractivity contribution in [2.75, 3.05) is 14.2 Å². The van der Waals surface area contributed by atoms with Crippen molar-refractivity contribution in [1.82, 2.24) is 4.48 Å². The van der Waals surface area contributed by atoms with Crippen LogP contribution in [0.1, 0.15) is 16.8 Å². The molecule has 1 aliphatic heterocycles. The van der Waals surface area contributed by atoms with Crippen LogP contribution in [0.5, 0.6) is 11.5 Å². The van der Waals surface area contributed by atoms with Crippen LogP contribution >= 0.6 is 0 Å². The Morgan fingerprint density at radius 1 is 0.659 bits per heavy atom. The molecule has 0 atom stereocenters. The van der Waals surface area contributed by atoms with E-state index < -0.39 is 7.40 Å². The number of nitrogens with zero attached hydrogens (tertiary/aromatic N) is 2. The smallest absolute Gasteiger partial charge is 0.496 e. The molecule has 5 aromatic carbocycles. The van der Waals surface area contributed by atoms with Gasteiger partial charge < -0.3 is 14.0 Å². The van der Waals surface area contributed by atoms with E-state index in [0.29, 0.717) is 45.4 Å². The second kappa shape index (κ2) is 11.3. The number of hydrogen-bond donors (Lipinski definition) is 0. The van der Waals surface area contributed by atoms with Crippen molar-refractivity contribution in [2.24, 2.45) is 4.99 Å². The molecule has 0 N–H and O–H groups in total. The van der Waals surface area contributed by atoms with Crippen molar-refractivity contribution in [3.63, 3.8) is 0 Å². The highest BCUT2D eigenvalue weighted by atomic mass is 19.2. The summed E-state index contributed by atoms with van der Waals surface area (Å²) in [6.07, 6.45) is 3.82. The number of fused-ring (bicyclic) bond motifs is 2. The minimum atomic E-state index is -2.83. The zero-order valence-corrected chi connectivity index (χ0v) is 24.2. The van der Waals surface area contributed by atoms with Crippen LogP contribution in [-0.2, 0) is 0 Å². The van der Waals surface area contributed by atoms with Crippen LogP contribution in [0.4, 0.5) is 8.63 Å². The molecule has 0 fully saturated rings. The predicted molar refractivity (Wildman–Crippen MR) is 176 cm³/mol. The molecule has 0 aliphatic carbocycles. The Balaban J connectivity index is 1.59. The van der Waals surface area contributed by atoms with E-state index in [0.717, 1.165) is 37.1 Å². The molecule has 0 amide bonds. The van der Waals surface area contributed by atoms with Crippen LogP contribution in [0.3, 0.4) is 0 Å².